The van der Waals surface area contributed by atoms with Gasteiger partial charge in [-0.1, -0.05) is 13.8 Å². The molecule has 0 aromatic carbocycles. The minimum atomic E-state index is -4.45. The highest BCUT2D eigenvalue weighted by atomic mass is 19.4. The molecule has 0 unspecified atom stereocenters. The topological polar surface area (TPSA) is 62.5 Å². The number of carboxylic acids is 1. The Morgan fingerprint density at radius 1 is 1.38 bits per heavy atom. The fourth-order valence-corrected chi connectivity index (χ4v) is 1.92. The number of carbonyl (C=O) groups excluding carboxylic acids is 1. The van der Waals surface area contributed by atoms with Crippen LogP contribution in [0.15, 0.2) is 18.3 Å². The van der Waals surface area contributed by atoms with Gasteiger partial charge in [0, 0.05) is 12.7 Å². The summed E-state index contributed by atoms with van der Waals surface area (Å²) in [6, 6.07) is 2.58. The first-order valence-corrected chi connectivity index (χ1v) is 6.33. The van der Waals surface area contributed by atoms with E-state index in [1.165, 1.54) is 12.1 Å². The lowest BCUT2D eigenvalue weighted by Crippen LogP contribution is -2.39. The predicted octanol–water partition coefficient (Wildman–Crippen LogP) is 2.23. The van der Waals surface area contributed by atoms with Gasteiger partial charge in [0.1, 0.15) is 18.8 Å². The lowest BCUT2D eigenvalue weighted by Gasteiger charge is -2.23. The Bertz CT molecular complexity index is 509. The summed E-state index contributed by atoms with van der Waals surface area (Å²) in [6.45, 7) is 1.90. The van der Waals surface area contributed by atoms with Crippen LogP contribution in [-0.2, 0) is 11.3 Å². The molecule has 0 spiro atoms. The van der Waals surface area contributed by atoms with Crippen molar-refractivity contribution in [3.8, 4) is 0 Å². The van der Waals surface area contributed by atoms with Crippen molar-refractivity contribution < 1.29 is 27.9 Å². The molecule has 0 fully saturated rings. The number of hydrogen-bond donors (Lipinski definition) is 1. The van der Waals surface area contributed by atoms with E-state index in [0.717, 1.165) is 15.7 Å². The molecule has 5 nitrogen and oxygen atoms in total. The first kappa shape index (κ1) is 17.1. The third kappa shape index (κ3) is 5.49. The van der Waals surface area contributed by atoms with E-state index in [2.05, 4.69) is 0 Å². The molecule has 0 saturated heterocycles. The van der Waals surface area contributed by atoms with Crippen LogP contribution in [-0.4, -0.2) is 45.7 Å². The molecule has 0 aliphatic carbocycles. The molecule has 0 bridgehead atoms. The third-order valence-corrected chi connectivity index (χ3v) is 2.60. The molecule has 1 rings (SSSR count). The lowest BCUT2D eigenvalue weighted by molar-refractivity contribution is -0.141. The summed E-state index contributed by atoms with van der Waals surface area (Å²) in [7, 11) is 0. The van der Waals surface area contributed by atoms with E-state index < -0.39 is 31.1 Å². The van der Waals surface area contributed by atoms with Crippen LogP contribution >= 0.6 is 0 Å². The molecule has 0 aliphatic heterocycles. The highest BCUT2D eigenvalue weighted by Gasteiger charge is 2.30. The van der Waals surface area contributed by atoms with Gasteiger partial charge in [-0.25, -0.2) is 0 Å². The summed E-state index contributed by atoms with van der Waals surface area (Å²) in [5, 5.41) is 8.82. The molecule has 1 amide bonds. The molecular weight excluding hydrogens is 289 g/mol. The lowest BCUT2D eigenvalue weighted by atomic mass is 10.2. The number of alkyl halides is 3. The van der Waals surface area contributed by atoms with Crippen LogP contribution in [0, 0.1) is 5.92 Å². The zero-order valence-electron chi connectivity index (χ0n) is 11.7. The Morgan fingerprint density at radius 3 is 2.48 bits per heavy atom. The average Bonchev–Trinajstić information content (AvgIpc) is 2.71. The number of hydrogen-bond acceptors (Lipinski definition) is 2. The maximum atomic E-state index is 12.4. The van der Waals surface area contributed by atoms with E-state index in [4.69, 9.17) is 5.11 Å². The van der Waals surface area contributed by atoms with Crippen LogP contribution in [0.2, 0.25) is 0 Å². The normalized spacial score (nSPS) is 11.7. The molecule has 1 N–H and O–H groups in total. The minimum absolute atomic E-state index is 0.000622. The van der Waals surface area contributed by atoms with Crippen LogP contribution in [0.5, 0.6) is 0 Å². The fraction of sp³-hybridized carbons (Fsp3) is 0.538. The number of nitrogens with zero attached hydrogens (tertiary/aromatic N) is 2. The maximum Gasteiger partial charge on any atom is 0.406 e. The Labute approximate surface area is 120 Å². The smallest absolute Gasteiger partial charge is 0.406 e. The van der Waals surface area contributed by atoms with E-state index in [1.807, 2.05) is 0 Å². The maximum absolute atomic E-state index is 12.4. The van der Waals surface area contributed by atoms with Gasteiger partial charge >= 0.3 is 12.1 Å². The monoisotopic (exact) mass is 306 g/mol. The number of halogens is 3. The van der Waals surface area contributed by atoms with Crippen molar-refractivity contribution in [2.75, 3.05) is 13.1 Å². The van der Waals surface area contributed by atoms with E-state index in [9.17, 15) is 22.8 Å². The van der Waals surface area contributed by atoms with E-state index in [0.29, 0.717) is 0 Å². The van der Waals surface area contributed by atoms with Crippen molar-refractivity contribution in [2.24, 2.45) is 5.92 Å². The Balaban J connectivity index is 2.98. The number of rotatable bonds is 6. The molecule has 1 aromatic rings. The van der Waals surface area contributed by atoms with Crippen LogP contribution in [0.3, 0.4) is 0 Å². The molecular formula is C13H17F3N2O3. The van der Waals surface area contributed by atoms with Gasteiger partial charge in [0.2, 0.25) is 0 Å². The number of amides is 1. The summed E-state index contributed by atoms with van der Waals surface area (Å²) >= 11 is 0. The van der Waals surface area contributed by atoms with Crippen LogP contribution in [0.1, 0.15) is 24.3 Å². The van der Waals surface area contributed by atoms with Gasteiger partial charge in [-0.15, -0.1) is 0 Å². The summed E-state index contributed by atoms with van der Waals surface area (Å²) in [4.78, 5) is 24.1. The van der Waals surface area contributed by atoms with Crippen LogP contribution < -0.4 is 0 Å². The van der Waals surface area contributed by atoms with Crippen LogP contribution in [0.4, 0.5) is 13.2 Å². The summed E-state index contributed by atoms with van der Waals surface area (Å²) < 4.78 is 38.1. The minimum Gasteiger partial charge on any atom is -0.480 e. The first-order valence-electron chi connectivity index (χ1n) is 6.33. The molecule has 0 atom stereocenters. The Kier molecular flexibility index (Phi) is 5.40. The Hall–Kier alpha value is -1.99. The van der Waals surface area contributed by atoms with E-state index >= 15 is 0 Å². The zero-order valence-corrected chi connectivity index (χ0v) is 11.7. The molecule has 0 radical (unpaired) electrons. The summed E-state index contributed by atoms with van der Waals surface area (Å²) in [5.74, 6) is -1.93. The first-order chi connectivity index (χ1) is 9.60. The highest BCUT2D eigenvalue weighted by molar-refractivity contribution is 5.94. The third-order valence-electron chi connectivity index (χ3n) is 2.60. The number of carboxylic acid groups (broad SMARTS) is 1. The summed E-state index contributed by atoms with van der Waals surface area (Å²) in [5.41, 5.74) is -0.172. The van der Waals surface area contributed by atoms with Gasteiger partial charge in [0.25, 0.3) is 5.91 Å². The second kappa shape index (κ2) is 6.64. The van der Waals surface area contributed by atoms with Gasteiger partial charge < -0.3 is 14.6 Å². The number of aromatic nitrogens is 1. The average molecular weight is 306 g/mol. The summed E-state index contributed by atoms with van der Waals surface area (Å²) in [6.07, 6.45) is -3.31. The molecule has 1 heterocycles. The number of carbonyl (C=O) groups is 2. The number of aliphatic carboxylic acids is 1. The van der Waals surface area contributed by atoms with Gasteiger partial charge in [-0.2, -0.15) is 13.2 Å². The van der Waals surface area contributed by atoms with Crippen molar-refractivity contribution >= 4 is 11.9 Å². The molecule has 1 aromatic heterocycles. The van der Waals surface area contributed by atoms with Crippen molar-refractivity contribution in [1.82, 2.24) is 9.47 Å². The second-order valence-electron chi connectivity index (χ2n) is 5.11. The largest absolute Gasteiger partial charge is 0.480 e. The second-order valence-corrected chi connectivity index (χ2v) is 5.11. The Morgan fingerprint density at radius 2 is 2.00 bits per heavy atom. The zero-order chi connectivity index (χ0) is 16.2. The predicted molar refractivity (Wildman–Crippen MR) is 68.9 cm³/mol. The van der Waals surface area contributed by atoms with Crippen LogP contribution in [0.25, 0.3) is 0 Å². The van der Waals surface area contributed by atoms with Gasteiger partial charge in [-0.3, -0.25) is 9.59 Å². The highest BCUT2D eigenvalue weighted by Crippen LogP contribution is 2.20. The standard InChI is InChI=1S/C13H17F3N2O3/c1-9(2)6-18(7-11(19)20)12(21)10-4-3-5-17(10)8-13(14,15)16/h3-5,9H,6-8H2,1-2H3,(H,19,20). The van der Waals surface area contributed by atoms with Crippen molar-refractivity contribution in [3.63, 3.8) is 0 Å². The molecule has 8 heteroatoms. The van der Waals surface area contributed by atoms with E-state index in [1.54, 1.807) is 13.8 Å². The van der Waals surface area contributed by atoms with Gasteiger partial charge in [-0.05, 0) is 18.1 Å². The van der Waals surface area contributed by atoms with E-state index in [-0.39, 0.29) is 18.2 Å². The van der Waals surface area contributed by atoms with Crippen molar-refractivity contribution in [1.29, 1.82) is 0 Å². The fourth-order valence-electron chi connectivity index (χ4n) is 1.92. The molecule has 0 saturated carbocycles. The molecule has 0 aliphatic rings. The van der Waals surface area contributed by atoms with Crippen molar-refractivity contribution in [2.45, 2.75) is 26.6 Å². The van der Waals surface area contributed by atoms with Crippen molar-refractivity contribution in [3.05, 3.63) is 24.0 Å². The van der Waals surface area contributed by atoms with Gasteiger partial charge in [0.05, 0.1) is 0 Å². The van der Waals surface area contributed by atoms with Gasteiger partial charge in [0.15, 0.2) is 0 Å². The SMILES string of the molecule is CC(C)CN(CC(=O)O)C(=O)c1cccn1CC(F)(F)F. The molecule has 118 valence electrons. The quantitative estimate of drug-likeness (QED) is 0.876. The molecule has 21 heavy (non-hydrogen) atoms.